The van der Waals surface area contributed by atoms with Gasteiger partial charge in [-0.3, -0.25) is 0 Å². The lowest BCUT2D eigenvalue weighted by molar-refractivity contribution is 0.508. The predicted octanol–water partition coefficient (Wildman–Crippen LogP) is 4.24. The number of aryl methyl sites for hydroxylation is 1. The van der Waals surface area contributed by atoms with Crippen molar-refractivity contribution in [2.75, 3.05) is 0 Å². The minimum Gasteiger partial charge on any atom is -0.204 e. The van der Waals surface area contributed by atoms with E-state index in [1.807, 2.05) is 0 Å². The molecule has 0 aliphatic carbocycles. The smallest absolute Gasteiger partial charge is 0.159 e. The quantitative estimate of drug-likeness (QED) is 0.606. The van der Waals surface area contributed by atoms with E-state index in [-0.39, 0.29) is 0 Å². The van der Waals surface area contributed by atoms with Crippen LogP contribution in [0.4, 0.5) is 17.6 Å². The minimum atomic E-state index is -0.799. The highest BCUT2D eigenvalue weighted by Crippen LogP contribution is 2.06. The van der Waals surface area contributed by atoms with Gasteiger partial charge in [-0.25, -0.2) is 17.6 Å². The van der Waals surface area contributed by atoms with Gasteiger partial charge in [-0.1, -0.05) is 18.2 Å². The summed E-state index contributed by atoms with van der Waals surface area (Å²) in [7, 11) is 0. The van der Waals surface area contributed by atoms with Crippen LogP contribution >= 0.6 is 0 Å². The van der Waals surface area contributed by atoms with Crippen LogP contribution in [0.2, 0.25) is 0 Å². The van der Waals surface area contributed by atoms with Crippen LogP contribution in [0.25, 0.3) is 0 Å². The molecule has 0 saturated heterocycles. The van der Waals surface area contributed by atoms with Crippen molar-refractivity contribution in [1.82, 2.24) is 0 Å². The molecule has 0 N–H and O–H groups in total. The first-order valence-corrected chi connectivity index (χ1v) is 4.82. The lowest BCUT2D eigenvalue weighted by Crippen LogP contribution is -1.82. The Morgan fingerprint density at radius 1 is 0.647 bits per heavy atom. The molecule has 2 rings (SSSR count). The van der Waals surface area contributed by atoms with E-state index in [4.69, 9.17) is 0 Å². The third-order valence-electron chi connectivity index (χ3n) is 1.90. The Kier molecular flexibility index (Phi) is 4.69. The molecule has 0 amide bonds. The molecule has 2 aromatic carbocycles. The molecule has 0 spiro atoms. The van der Waals surface area contributed by atoms with E-state index in [1.54, 1.807) is 6.92 Å². The van der Waals surface area contributed by atoms with Gasteiger partial charge in [0.25, 0.3) is 0 Å². The summed E-state index contributed by atoms with van der Waals surface area (Å²) < 4.78 is 48.2. The van der Waals surface area contributed by atoms with Gasteiger partial charge in [0.15, 0.2) is 23.3 Å². The largest absolute Gasteiger partial charge is 0.204 e. The number of benzene rings is 2. The summed E-state index contributed by atoms with van der Waals surface area (Å²) in [6, 6.07) is 8.85. The Bertz CT molecular complexity index is 474. The fourth-order valence-corrected chi connectivity index (χ4v) is 1.04. The fourth-order valence-electron chi connectivity index (χ4n) is 1.04. The summed E-state index contributed by atoms with van der Waals surface area (Å²) in [4.78, 5) is 0. The summed E-state index contributed by atoms with van der Waals surface area (Å²) in [5.41, 5.74) is 0.730. The zero-order valence-corrected chi connectivity index (χ0v) is 9.05. The van der Waals surface area contributed by atoms with E-state index in [0.717, 1.165) is 29.8 Å². The van der Waals surface area contributed by atoms with Crippen LogP contribution in [0.1, 0.15) is 5.56 Å². The van der Waals surface area contributed by atoms with Crippen molar-refractivity contribution in [1.29, 1.82) is 0 Å². The average Bonchev–Trinajstić information content (AvgIpc) is 2.29. The number of halogens is 4. The topological polar surface area (TPSA) is 0 Å². The predicted molar refractivity (Wildman–Crippen MR) is 57.5 cm³/mol. The van der Waals surface area contributed by atoms with Crippen molar-refractivity contribution in [3.63, 3.8) is 0 Å². The average molecular weight is 242 g/mol. The van der Waals surface area contributed by atoms with Gasteiger partial charge >= 0.3 is 0 Å². The Hall–Kier alpha value is -1.84. The molecule has 0 aliphatic heterocycles. The van der Waals surface area contributed by atoms with Crippen LogP contribution in [0, 0.1) is 30.2 Å². The van der Waals surface area contributed by atoms with Crippen molar-refractivity contribution in [3.8, 4) is 0 Å². The van der Waals surface area contributed by atoms with Gasteiger partial charge in [-0.15, -0.1) is 0 Å². The molecule has 2 aromatic rings. The lowest BCUT2D eigenvalue weighted by atomic mass is 10.2. The third kappa shape index (κ3) is 4.26. The van der Waals surface area contributed by atoms with Gasteiger partial charge in [0.2, 0.25) is 0 Å². The third-order valence-corrected chi connectivity index (χ3v) is 1.90. The first-order valence-electron chi connectivity index (χ1n) is 4.82. The summed E-state index contributed by atoms with van der Waals surface area (Å²) in [6.45, 7) is 1.71. The normalized spacial score (nSPS) is 9.47. The molecule has 0 fully saturated rings. The summed E-state index contributed by atoms with van der Waals surface area (Å²) in [5.74, 6) is -3.17. The van der Waals surface area contributed by atoms with E-state index in [2.05, 4.69) is 0 Å². The van der Waals surface area contributed by atoms with E-state index in [1.165, 1.54) is 18.2 Å². The molecular formula is C13H10F4. The van der Waals surface area contributed by atoms with Crippen LogP contribution in [0.15, 0.2) is 42.5 Å². The first kappa shape index (κ1) is 13.2. The SMILES string of the molecule is Cc1ccc(F)c(F)c1.Fc1ccccc1F. The van der Waals surface area contributed by atoms with Gasteiger partial charge in [0, 0.05) is 0 Å². The van der Waals surface area contributed by atoms with Crippen LogP contribution < -0.4 is 0 Å². The van der Waals surface area contributed by atoms with Crippen molar-refractivity contribution in [3.05, 3.63) is 71.3 Å². The molecule has 0 aromatic heterocycles. The Labute approximate surface area is 96.5 Å². The highest BCUT2D eigenvalue weighted by Gasteiger charge is 1.97. The molecule has 0 aliphatic rings. The summed E-state index contributed by atoms with van der Waals surface area (Å²) in [5, 5.41) is 0. The highest BCUT2D eigenvalue weighted by molar-refractivity contribution is 5.15. The molecule has 0 nitrogen and oxygen atoms in total. The number of rotatable bonds is 0. The van der Waals surface area contributed by atoms with Gasteiger partial charge in [0.1, 0.15) is 0 Å². The minimum absolute atomic E-state index is 0.730. The highest BCUT2D eigenvalue weighted by atomic mass is 19.2. The van der Waals surface area contributed by atoms with Gasteiger partial charge in [0.05, 0.1) is 0 Å². The second-order valence-electron chi connectivity index (χ2n) is 3.33. The first-order chi connectivity index (χ1) is 8.00. The lowest BCUT2D eigenvalue weighted by Gasteiger charge is -1.91. The van der Waals surface area contributed by atoms with E-state index in [9.17, 15) is 17.6 Å². The van der Waals surface area contributed by atoms with Crippen LogP contribution in [0.5, 0.6) is 0 Å². The second-order valence-corrected chi connectivity index (χ2v) is 3.33. The van der Waals surface area contributed by atoms with Crippen LogP contribution in [-0.2, 0) is 0 Å². The molecular weight excluding hydrogens is 232 g/mol. The van der Waals surface area contributed by atoms with Gasteiger partial charge in [-0.05, 0) is 36.8 Å². The van der Waals surface area contributed by atoms with Crippen LogP contribution in [-0.4, -0.2) is 0 Å². The summed E-state index contributed by atoms with van der Waals surface area (Å²) >= 11 is 0. The summed E-state index contributed by atoms with van der Waals surface area (Å²) in [6.07, 6.45) is 0. The number of hydrogen-bond donors (Lipinski definition) is 0. The van der Waals surface area contributed by atoms with Crippen molar-refractivity contribution in [2.24, 2.45) is 0 Å². The maximum Gasteiger partial charge on any atom is 0.159 e. The van der Waals surface area contributed by atoms with Crippen molar-refractivity contribution < 1.29 is 17.6 Å². The molecule has 4 heteroatoms. The molecule has 0 saturated carbocycles. The standard InChI is InChI=1S/C7H6F2.C6H4F2/c1-5-2-3-6(8)7(9)4-5;7-5-3-1-2-4-6(5)8/h2-4H,1H3;1-4H. The van der Waals surface area contributed by atoms with Gasteiger partial charge in [-0.2, -0.15) is 0 Å². The molecule has 0 radical (unpaired) electrons. The van der Waals surface area contributed by atoms with Gasteiger partial charge < -0.3 is 0 Å². The zero-order chi connectivity index (χ0) is 12.8. The zero-order valence-electron chi connectivity index (χ0n) is 9.05. The molecule has 0 unspecified atom stereocenters. The van der Waals surface area contributed by atoms with Crippen molar-refractivity contribution in [2.45, 2.75) is 6.92 Å². The molecule has 0 heterocycles. The Morgan fingerprint density at radius 2 is 1.12 bits per heavy atom. The molecule has 90 valence electrons. The maximum absolute atomic E-state index is 12.2. The molecule has 17 heavy (non-hydrogen) atoms. The van der Waals surface area contributed by atoms with E-state index < -0.39 is 23.3 Å². The van der Waals surface area contributed by atoms with E-state index >= 15 is 0 Å². The number of hydrogen-bond acceptors (Lipinski definition) is 0. The monoisotopic (exact) mass is 242 g/mol. The van der Waals surface area contributed by atoms with Crippen LogP contribution in [0.3, 0.4) is 0 Å². The van der Waals surface area contributed by atoms with Crippen molar-refractivity contribution >= 4 is 0 Å². The maximum atomic E-state index is 12.2. The fraction of sp³-hybridized carbons (Fsp3) is 0.0769. The Balaban J connectivity index is 0.000000171. The van der Waals surface area contributed by atoms with E-state index in [0.29, 0.717) is 0 Å². The second kappa shape index (κ2) is 6.03. The molecule has 0 atom stereocenters. The molecule has 0 bridgehead atoms. The Morgan fingerprint density at radius 3 is 1.47 bits per heavy atom.